The number of anilines is 1. The minimum Gasteiger partial charge on any atom is -0.454 e. The first-order chi connectivity index (χ1) is 16.0. The summed E-state index contributed by atoms with van der Waals surface area (Å²) in [5.41, 5.74) is 4.08. The van der Waals surface area contributed by atoms with Gasteiger partial charge in [-0.1, -0.05) is 13.0 Å². The molecule has 1 aromatic carbocycles. The van der Waals surface area contributed by atoms with Crippen LogP contribution in [0.2, 0.25) is 0 Å². The second kappa shape index (κ2) is 8.52. The molecule has 1 atom stereocenters. The summed E-state index contributed by atoms with van der Waals surface area (Å²) in [5, 5.41) is 1.80. The van der Waals surface area contributed by atoms with Crippen molar-refractivity contribution in [2.45, 2.75) is 33.2 Å². The molecule has 6 nitrogen and oxygen atoms in total. The lowest BCUT2D eigenvalue weighted by Gasteiger charge is -2.41. The van der Waals surface area contributed by atoms with Gasteiger partial charge in [0, 0.05) is 53.9 Å². The van der Waals surface area contributed by atoms with Crippen LogP contribution in [-0.4, -0.2) is 42.1 Å². The molecule has 6 heteroatoms. The third kappa shape index (κ3) is 3.95. The van der Waals surface area contributed by atoms with Gasteiger partial charge in [-0.05, 0) is 57.1 Å². The van der Waals surface area contributed by atoms with Crippen molar-refractivity contribution in [3.8, 4) is 11.3 Å². The van der Waals surface area contributed by atoms with Crippen LogP contribution < -0.4 is 10.5 Å². The number of rotatable bonds is 5. The minimum absolute atomic E-state index is 0.318. The lowest BCUT2D eigenvalue weighted by atomic mass is 10.1. The van der Waals surface area contributed by atoms with Crippen molar-refractivity contribution in [3.05, 3.63) is 70.9 Å². The second-order valence-electron chi connectivity index (χ2n) is 8.83. The molecule has 0 N–H and O–H groups in total. The third-order valence-corrected chi connectivity index (χ3v) is 6.46. The van der Waals surface area contributed by atoms with E-state index in [2.05, 4.69) is 34.4 Å². The number of pyridine rings is 1. The molecule has 0 bridgehead atoms. The zero-order valence-corrected chi connectivity index (χ0v) is 19.4. The molecule has 0 saturated carbocycles. The van der Waals surface area contributed by atoms with Gasteiger partial charge < -0.3 is 13.7 Å². The summed E-state index contributed by atoms with van der Waals surface area (Å²) in [6.07, 6.45) is 3.16. The van der Waals surface area contributed by atoms with Crippen LogP contribution >= 0.6 is 0 Å². The number of piperazine rings is 1. The summed E-state index contributed by atoms with van der Waals surface area (Å²) >= 11 is 0. The molecular formula is C27H29N3O3. The molecule has 1 aliphatic heterocycles. The summed E-state index contributed by atoms with van der Waals surface area (Å²) in [4.78, 5) is 22.2. The SMILES string of the molecule is C=CC1CN(c2ccc3cc(-c4cc5cc(C)nc(C)c5o4)c(=O)oc3c2)CCN1CCC. The summed E-state index contributed by atoms with van der Waals surface area (Å²) in [6, 6.07) is 12.1. The van der Waals surface area contributed by atoms with Crippen molar-refractivity contribution in [1.29, 1.82) is 0 Å². The number of furan rings is 1. The monoisotopic (exact) mass is 443 g/mol. The summed E-state index contributed by atoms with van der Waals surface area (Å²) in [7, 11) is 0. The van der Waals surface area contributed by atoms with Crippen LogP contribution in [0, 0.1) is 13.8 Å². The van der Waals surface area contributed by atoms with E-state index in [1.807, 2.05) is 50.3 Å². The van der Waals surface area contributed by atoms with E-state index >= 15 is 0 Å². The maximum absolute atomic E-state index is 12.9. The topological polar surface area (TPSA) is 62.7 Å². The van der Waals surface area contributed by atoms with E-state index in [-0.39, 0.29) is 0 Å². The molecular weight excluding hydrogens is 414 g/mol. The highest BCUT2D eigenvalue weighted by molar-refractivity contribution is 5.88. The molecule has 1 aliphatic rings. The van der Waals surface area contributed by atoms with Crippen molar-refractivity contribution >= 4 is 27.6 Å². The number of benzene rings is 1. The molecule has 3 aromatic heterocycles. The molecule has 33 heavy (non-hydrogen) atoms. The van der Waals surface area contributed by atoms with Crippen molar-refractivity contribution in [2.24, 2.45) is 0 Å². The van der Waals surface area contributed by atoms with E-state index in [9.17, 15) is 4.79 Å². The molecule has 0 radical (unpaired) electrons. The Morgan fingerprint density at radius 2 is 1.97 bits per heavy atom. The number of aromatic nitrogens is 1. The first-order valence-electron chi connectivity index (χ1n) is 11.5. The van der Waals surface area contributed by atoms with Gasteiger partial charge in [-0.3, -0.25) is 9.88 Å². The largest absolute Gasteiger partial charge is 0.454 e. The number of hydrogen-bond donors (Lipinski definition) is 0. The summed E-state index contributed by atoms with van der Waals surface area (Å²) < 4.78 is 11.8. The van der Waals surface area contributed by atoms with Gasteiger partial charge in [-0.2, -0.15) is 0 Å². The Morgan fingerprint density at radius 3 is 2.76 bits per heavy atom. The molecule has 0 amide bonds. The van der Waals surface area contributed by atoms with E-state index in [1.165, 1.54) is 0 Å². The Labute approximate surface area is 193 Å². The fourth-order valence-electron chi connectivity index (χ4n) is 4.84. The van der Waals surface area contributed by atoms with Gasteiger partial charge in [-0.15, -0.1) is 6.58 Å². The smallest absolute Gasteiger partial charge is 0.347 e. The van der Waals surface area contributed by atoms with Gasteiger partial charge in [0.1, 0.15) is 16.9 Å². The van der Waals surface area contributed by atoms with Crippen LogP contribution in [0.4, 0.5) is 5.69 Å². The fraction of sp³-hybridized carbons (Fsp3) is 0.333. The Morgan fingerprint density at radius 1 is 1.12 bits per heavy atom. The average molecular weight is 444 g/mol. The van der Waals surface area contributed by atoms with Gasteiger partial charge in [0.05, 0.1) is 5.69 Å². The lowest BCUT2D eigenvalue weighted by Crippen LogP contribution is -2.52. The van der Waals surface area contributed by atoms with Gasteiger partial charge >= 0.3 is 5.63 Å². The van der Waals surface area contributed by atoms with Crippen LogP contribution in [0.1, 0.15) is 24.7 Å². The van der Waals surface area contributed by atoms with Crippen LogP contribution in [-0.2, 0) is 0 Å². The predicted molar refractivity (Wildman–Crippen MR) is 133 cm³/mol. The zero-order valence-electron chi connectivity index (χ0n) is 19.4. The van der Waals surface area contributed by atoms with Crippen LogP contribution in [0.5, 0.6) is 0 Å². The predicted octanol–water partition coefficient (Wildman–Crippen LogP) is 5.30. The molecule has 1 fully saturated rings. The molecule has 0 aliphatic carbocycles. The van der Waals surface area contributed by atoms with Crippen molar-refractivity contribution in [2.75, 3.05) is 31.1 Å². The van der Waals surface area contributed by atoms with E-state index < -0.39 is 5.63 Å². The Kier molecular flexibility index (Phi) is 5.54. The zero-order chi connectivity index (χ0) is 23.1. The van der Waals surface area contributed by atoms with Crippen LogP contribution in [0.3, 0.4) is 0 Å². The first-order valence-corrected chi connectivity index (χ1v) is 11.5. The maximum Gasteiger partial charge on any atom is 0.347 e. The number of nitrogens with zero attached hydrogens (tertiary/aromatic N) is 3. The average Bonchev–Trinajstić information content (AvgIpc) is 3.23. The Balaban J connectivity index is 1.48. The highest BCUT2D eigenvalue weighted by Gasteiger charge is 2.25. The Bertz CT molecular complexity index is 1400. The van der Waals surface area contributed by atoms with Gasteiger partial charge in [0.2, 0.25) is 0 Å². The molecule has 4 aromatic rings. The standard InChI is InChI=1S/C27H29N3O3/c1-5-9-29-10-11-30(16-21(29)6-2)22-8-7-19-13-23(27(31)33-24(19)15-22)25-14-20-12-17(3)28-18(4)26(20)32-25/h6-8,12-15,21H,2,5,9-11,16H2,1,3-4H3. The van der Waals surface area contributed by atoms with Gasteiger partial charge in [0.25, 0.3) is 0 Å². The molecule has 4 heterocycles. The van der Waals surface area contributed by atoms with E-state index in [0.717, 1.165) is 60.4 Å². The van der Waals surface area contributed by atoms with E-state index in [0.29, 0.717) is 28.5 Å². The highest BCUT2D eigenvalue weighted by atomic mass is 16.4. The third-order valence-electron chi connectivity index (χ3n) is 6.46. The number of fused-ring (bicyclic) bond motifs is 2. The molecule has 1 unspecified atom stereocenters. The lowest BCUT2D eigenvalue weighted by molar-refractivity contribution is 0.209. The molecule has 170 valence electrons. The van der Waals surface area contributed by atoms with Crippen molar-refractivity contribution in [1.82, 2.24) is 9.88 Å². The van der Waals surface area contributed by atoms with Crippen molar-refractivity contribution in [3.63, 3.8) is 0 Å². The van der Waals surface area contributed by atoms with Crippen LogP contribution in [0.25, 0.3) is 33.3 Å². The van der Waals surface area contributed by atoms with Crippen molar-refractivity contribution < 1.29 is 8.83 Å². The Hall–Kier alpha value is -3.38. The second-order valence-corrected chi connectivity index (χ2v) is 8.83. The molecule has 1 saturated heterocycles. The van der Waals surface area contributed by atoms with Crippen LogP contribution in [0.15, 0.2) is 62.7 Å². The maximum atomic E-state index is 12.9. The normalized spacial score (nSPS) is 17.2. The minimum atomic E-state index is -0.405. The van der Waals surface area contributed by atoms with E-state index in [4.69, 9.17) is 8.83 Å². The number of aryl methyl sites for hydroxylation is 2. The fourth-order valence-corrected chi connectivity index (χ4v) is 4.84. The first kappa shape index (κ1) is 21.5. The van der Waals surface area contributed by atoms with Gasteiger partial charge in [0.15, 0.2) is 5.58 Å². The van der Waals surface area contributed by atoms with E-state index in [1.54, 1.807) is 0 Å². The van der Waals surface area contributed by atoms with Gasteiger partial charge in [-0.25, -0.2) is 4.79 Å². The molecule has 5 rings (SSSR count). The number of hydrogen-bond acceptors (Lipinski definition) is 6. The summed E-state index contributed by atoms with van der Waals surface area (Å²) in [6.45, 7) is 14.0. The quantitative estimate of drug-likeness (QED) is 0.308. The summed E-state index contributed by atoms with van der Waals surface area (Å²) in [5.74, 6) is 0.501. The highest BCUT2D eigenvalue weighted by Crippen LogP contribution is 2.31. The molecule has 0 spiro atoms.